The van der Waals surface area contributed by atoms with Crippen molar-refractivity contribution in [3.8, 4) is 0 Å². The largest absolute Gasteiger partial charge is 0.394 e. The third kappa shape index (κ3) is 4.26. The summed E-state index contributed by atoms with van der Waals surface area (Å²) < 4.78 is 0. The van der Waals surface area contributed by atoms with E-state index < -0.39 is 0 Å². The van der Waals surface area contributed by atoms with Gasteiger partial charge in [0.15, 0.2) is 0 Å². The summed E-state index contributed by atoms with van der Waals surface area (Å²) in [4.78, 5) is 31.6. The average Bonchev–Trinajstić information content (AvgIpc) is 3.13. The Balaban J connectivity index is 1.41. The summed E-state index contributed by atoms with van der Waals surface area (Å²) in [6, 6.07) is 0. The summed E-state index contributed by atoms with van der Waals surface area (Å²) in [5.41, 5.74) is 11.6. The van der Waals surface area contributed by atoms with Crippen LogP contribution in [0.15, 0.2) is 27.4 Å². The zero-order chi connectivity index (χ0) is 20.4. The summed E-state index contributed by atoms with van der Waals surface area (Å²) in [5.74, 6) is 0.0947. The number of carbonyl (C=O) groups excluding carboxylic acids is 2. The van der Waals surface area contributed by atoms with Gasteiger partial charge in [-0.3, -0.25) is 14.6 Å². The molecule has 0 radical (unpaired) electrons. The number of aliphatic imine (C=N–C) groups is 1. The quantitative estimate of drug-likeness (QED) is 0.566. The third-order valence-electron chi connectivity index (χ3n) is 7.28. The van der Waals surface area contributed by atoms with Gasteiger partial charge in [0.05, 0.1) is 6.54 Å². The number of allylic oxidation sites excluding steroid dienone is 2. The molecule has 0 aromatic rings. The molecule has 2 saturated heterocycles. The number of nitrogens with one attached hydrogen (secondary N) is 1. The van der Waals surface area contributed by atoms with E-state index in [9.17, 15) is 9.59 Å². The van der Waals surface area contributed by atoms with Crippen LogP contribution in [0.3, 0.4) is 0 Å². The lowest BCUT2D eigenvalue weighted by Gasteiger charge is -2.44. The monoisotopic (exact) mass is 398 g/mol. The van der Waals surface area contributed by atoms with Gasteiger partial charge in [0, 0.05) is 36.3 Å². The molecule has 2 heterocycles. The Bertz CT molecular complexity index is 779. The molecule has 2 amide bonds. The first kappa shape index (κ1) is 20.2. The van der Waals surface area contributed by atoms with Crippen molar-refractivity contribution in [2.75, 3.05) is 19.6 Å². The smallest absolute Gasteiger partial charge is 0.270 e. The van der Waals surface area contributed by atoms with E-state index in [-0.39, 0.29) is 17.4 Å². The number of rotatable bonds is 3. The van der Waals surface area contributed by atoms with Gasteiger partial charge in [0.2, 0.25) is 5.91 Å². The van der Waals surface area contributed by atoms with Crippen molar-refractivity contribution in [1.29, 1.82) is 0 Å². The first-order valence-electron chi connectivity index (χ1n) is 11.3. The summed E-state index contributed by atoms with van der Waals surface area (Å²) in [6.45, 7) is 4.23. The van der Waals surface area contributed by atoms with Gasteiger partial charge >= 0.3 is 0 Å². The summed E-state index contributed by atoms with van der Waals surface area (Å²) >= 11 is 0. The minimum Gasteiger partial charge on any atom is -0.394 e. The minimum atomic E-state index is -0.111. The highest BCUT2D eigenvalue weighted by Gasteiger charge is 2.39. The summed E-state index contributed by atoms with van der Waals surface area (Å²) in [6.07, 6.45) is 10.8. The van der Waals surface area contributed by atoms with Gasteiger partial charge in [0.1, 0.15) is 5.70 Å². The number of nitrogens with two attached hydrogens (primary N) is 1. The zero-order valence-corrected chi connectivity index (χ0v) is 17.7. The van der Waals surface area contributed by atoms with Gasteiger partial charge in [-0.15, -0.1) is 0 Å². The van der Waals surface area contributed by atoms with Crippen molar-refractivity contribution in [3.63, 3.8) is 0 Å². The molecule has 0 atom stereocenters. The normalized spacial score (nSPS) is 27.1. The van der Waals surface area contributed by atoms with Crippen LogP contribution in [0, 0.1) is 0 Å². The first-order chi connectivity index (χ1) is 14.0. The van der Waals surface area contributed by atoms with Crippen LogP contribution >= 0.6 is 0 Å². The van der Waals surface area contributed by atoms with E-state index in [1.165, 1.54) is 24.8 Å². The number of amides is 2. The predicted octanol–water partition coefficient (Wildman–Crippen LogP) is 2.99. The Hall–Kier alpha value is -2.11. The molecule has 6 nitrogen and oxygen atoms in total. The molecule has 4 fully saturated rings. The Morgan fingerprint density at radius 2 is 1.79 bits per heavy atom. The van der Waals surface area contributed by atoms with Crippen LogP contribution < -0.4 is 11.1 Å². The lowest BCUT2D eigenvalue weighted by molar-refractivity contribution is -0.130. The van der Waals surface area contributed by atoms with E-state index in [1.807, 2.05) is 4.90 Å². The molecule has 2 saturated carbocycles. The van der Waals surface area contributed by atoms with Crippen LogP contribution in [-0.2, 0) is 9.59 Å². The van der Waals surface area contributed by atoms with E-state index in [2.05, 4.69) is 12.2 Å². The molecule has 2 aliphatic heterocycles. The highest BCUT2D eigenvalue weighted by Crippen LogP contribution is 2.32. The minimum absolute atomic E-state index is 0.0549. The number of carbonyl (C=O) groups is 2. The molecule has 29 heavy (non-hydrogen) atoms. The Kier molecular flexibility index (Phi) is 5.79. The third-order valence-corrected chi connectivity index (χ3v) is 7.28. The Morgan fingerprint density at radius 1 is 1.07 bits per heavy atom. The number of likely N-dealkylation sites (tertiary alicyclic amines) is 1. The summed E-state index contributed by atoms with van der Waals surface area (Å²) in [7, 11) is 0. The van der Waals surface area contributed by atoms with E-state index in [1.54, 1.807) is 5.57 Å². The lowest BCUT2D eigenvalue weighted by Crippen LogP contribution is -2.58. The maximum atomic E-state index is 13.1. The van der Waals surface area contributed by atoms with Gasteiger partial charge in [-0.25, -0.2) is 0 Å². The van der Waals surface area contributed by atoms with Crippen LogP contribution in [0.1, 0.15) is 77.6 Å². The molecular weight excluding hydrogens is 364 g/mol. The van der Waals surface area contributed by atoms with Crippen molar-refractivity contribution in [1.82, 2.24) is 10.2 Å². The molecule has 3 N–H and O–H groups in total. The van der Waals surface area contributed by atoms with Gasteiger partial charge in [-0.05, 0) is 71.1 Å². The Morgan fingerprint density at radius 3 is 2.45 bits per heavy atom. The highest BCUT2D eigenvalue weighted by atomic mass is 16.2. The molecule has 4 aliphatic rings. The van der Waals surface area contributed by atoms with Crippen molar-refractivity contribution in [2.45, 2.75) is 83.1 Å². The van der Waals surface area contributed by atoms with Crippen molar-refractivity contribution < 1.29 is 9.59 Å². The van der Waals surface area contributed by atoms with Crippen LogP contribution in [0.25, 0.3) is 0 Å². The van der Waals surface area contributed by atoms with Crippen molar-refractivity contribution >= 4 is 17.5 Å². The fraction of sp³-hybridized carbons (Fsp3) is 0.696. The molecule has 6 heteroatoms. The second kappa shape index (κ2) is 8.33. The molecule has 0 aromatic heterocycles. The standard InChI is InChI=1S/C23H34N4O2/c1-16(17-5-2-6-17)15-25-19-8-3-7-18(19)21(24)22(29)27-13-11-23(12-14-27)10-4-9-20(28)26-23/h2-15,24H2,1H3,(H,26,28)/b21-18-,25-19?. The first-order valence-corrected chi connectivity index (χ1v) is 11.3. The molecular formula is C23H34N4O2. The lowest BCUT2D eigenvalue weighted by atomic mass is 9.80. The molecule has 158 valence electrons. The summed E-state index contributed by atoms with van der Waals surface area (Å²) in [5, 5.41) is 3.18. The predicted molar refractivity (Wildman–Crippen MR) is 114 cm³/mol. The van der Waals surface area contributed by atoms with E-state index in [4.69, 9.17) is 10.7 Å². The van der Waals surface area contributed by atoms with Crippen LogP contribution in [0.2, 0.25) is 0 Å². The maximum absolute atomic E-state index is 13.1. The maximum Gasteiger partial charge on any atom is 0.270 e. The molecule has 4 rings (SSSR count). The second-order valence-electron chi connectivity index (χ2n) is 9.22. The van der Waals surface area contributed by atoms with E-state index >= 15 is 0 Å². The van der Waals surface area contributed by atoms with Crippen LogP contribution in [0.5, 0.6) is 0 Å². The van der Waals surface area contributed by atoms with Gasteiger partial charge in [0.25, 0.3) is 5.91 Å². The van der Waals surface area contributed by atoms with E-state index in [0.717, 1.165) is 62.8 Å². The molecule has 1 spiro atoms. The second-order valence-corrected chi connectivity index (χ2v) is 9.22. The fourth-order valence-corrected chi connectivity index (χ4v) is 5.12. The zero-order valence-electron chi connectivity index (χ0n) is 17.7. The van der Waals surface area contributed by atoms with Crippen LogP contribution in [-0.4, -0.2) is 47.6 Å². The van der Waals surface area contributed by atoms with E-state index in [0.29, 0.717) is 25.2 Å². The SMILES string of the molecule is CC(CN=C1CCC/C1=C(/N)C(=O)N1CCC2(CCCC(=O)N2)CC1)=C1CCC1. The topological polar surface area (TPSA) is 87.8 Å². The van der Waals surface area contributed by atoms with Gasteiger partial charge < -0.3 is 16.0 Å². The molecule has 0 bridgehead atoms. The number of piperidine rings is 2. The van der Waals surface area contributed by atoms with Crippen molar-refractivity contribution in [3.05, 3.63) is 22.4 Å². The number of hydrogen-bond donors (Lipinski definition) is 2. The van der Waals surface area contributed by atoms with Gasteiger partial charge in [-0.2, -0.15) is 0 Å². The van der Waals surface area contributed by atoms with Crippen molar-refractivity contribution in [2.24, 2.45) is 10.7 Å². The fourth-order valence-electron chi connectivity index (χ4n) is 5.12. The highest BCUT2D eigenvalue weighted by molar-refractivity contribution is 6.09. The average molecular weight is 399 g/mol. The number of nitrogens with zero attached hydrogens (tertiary/aromatic N) is 2. The molecule has 0 unspecified atom stereocenters. The molecule has 0 aromatic carbocycles. The molecule has 2 aliphatic carbocycles. The number of hydrogen-bond acceptors (Lipinski definition) is 4. The Labute approximate surface area is 173 Å². The van der Waals surface area contributed by atoms with Gasteiger partial charge in [-0.1, -0.05) is 11.1 Å². The van der Waals surface area contributed by atoms with Crippen LogP contribution in [0.4, 0.5) is 0 Å².